The van der Waals surface area contributed by atoms with Crippen LogP contribution in [0.2, 0.25) is 0 Å². The van der Waals surface area contributed by atoms with Gasteiger partial charge in [-0.3, -0.25) is 4.79 Å². The van der Waals surface area contributed by atoms with E-state index >= 15 is 0 Å². The maximum atomic E-state index is 12.4. The highest BCUT2D eigenvalue weighted by molar-refractivity contribution is 5.96. The van der Waals surface area contributed by atoms with Crippen molar-refractivity contribution in [2.75, 3.05) is 6.61 Å². The number of rotatable bonds is 4. The van der Waals surface area contributed by atoms with Crippen molar-refractivity contribution in [2.45, 2.75) is 64.1 Å². The number of fused-ring (bicyclic) bond motifs is 1. The zero-order valence-electron chi connectivity index (χ0n) is 13.0. The van der Waals surface area contributed by atoms with E-state index in [2.05, 4.69) is 13.8 Å². The first-order valence-corrected chi connectivity index (χ1v) is 8.00. The molecule has 114 valence electrons. The smallest absolute Gasteiger partial charge is 0.162 e. The Hall–Kier alpha value is -1.35. The van der Waals surface area contributed by atoms with Crippen LogP contribution in [0.4, 0.5) is 0 Å². The summed E-state index contributed by atoms with van der Waals surface area (Å²) in [6.07, 6.45) is 6.05. The molecule has 1 atom stereocenters. The molecule has 0 N–H and O–H groups in total. The fourth-order valence-electron chi connectivity index (χ4n) is 3.25. The first-order chi connectivity index (χ1) is 10.0. The molecule has 0 saturated carbocycles. The second-order valence-electron chi connectivity index (χ2n) is 6.81. The van der Waals surface area contributed by atoms with Crippen molar-refractivity contribution in [3.63, 3.8) is 0 Å². The zero-order chi connectivity index (χ0) is 14.9. The first kappa shape index (κ1) is 14.6. The molecule has 2 aliphatic rings. The van der Waals surface area contributed by atoms with Gasteiger partial charge in [-0.2, -0.15) is 0 Å². The van der Waals surface area contributed by atoms with Crippen molar-refractivity contribution in [3.8, 4) is 5.75 Å². The number of benzene rings is 1. The summed E-state index contributed by atoms with van der Waals surface area (Å²) < 4.78 is 11.5. The molecule has 0 bridgehead atoms. The lowest BCUT2D eigenvalue weighted by Gasteiger charge is -2.22. The SMILES string of the molecule is CC1(C)Cc2cc(C(=O)CCC3CCCCO3)ccc2O1. The lowest BCUT2D eigenvalue weighted by atomic mass is 9.96. The van der Waals surface area contributed by atoms with Gasteiger partial charge in [0.05, 0.1) is 6.10 Å². The highest BCUT2D eigenvalue weighted by Crippen LogP contribution is 2.35. The van der Waals surface area contributed by atoms with Gasteiger partial charge in [-0.15, -0.1) is 0 Å². The molecular formula is C18H24O3. The van der Waals surface area contributed by atoms with Crippen LogP contribution in [0, 0.1) is 0 Å². The molecule has 0 aromatic heterocycles. The molecule has 0 amide bonds. The van der Waals surface area contributed by atoms with Gasteiger partial charge in [-0.1, -0.05) is 0 Å². The van der Waals surface area contributed by atoms with Crippen LogP contribution < -0.4 is 4.74 Å². The fourth-order valence-corrected chi connectivity index (χ4v) is 3.25. The van der Waals surface area contributed by atoms with E-state index in [9.17, 15) is 4.79 Å². The molecule has 3 nitrogen and oxygen atoms in total. The molecule has 21 heavy (non-hydrogen) atoms. The monoisotopic (exact) mass is 288 g/mol. The Morgan fingerprint density at radius 1 is 1.33 bits per heavy atom. The van der Waals surface area contributed by atoms with Gasteiger partial charge in [0.1, 0.15) is 11.4 Å². The lowest BCUT2D eigenvalue weighted by molar-refractivity contribution is 0.0104. The number of hydrogen-bond donors (Lipinski definition) is 0. The third kappa shape index (κ3) is 3.46. The average Bonchev–Trinajstić information content (AvgIpc) is 2.78. The standard InChI is InChI=1S/C18H24O3/c1-18(2)12-14-11-13(6-9-17(14)21-18)16(19)8-7-15-5-3-4-10-20-15/h6,9,11,15H,3-5,7-8,10,12H2,1-2H3. The highest BCUT2D eigenvalue weighted by atomic mass is 16.5. The molecule has 1 unspecified atom stereocenters. The molecule has 0 radical (unpaired) electrons. The summed E-state index contributed by atoms with van der Waals surface area (Å²) >= 11 is 0. The van der Waals surface area contributed by atoms with Crippen LogP contribution >= 0.6 is 0 Å². The fraction of sp³-hybridized carbons (Fsp3) is 0.611. The van der Waals surface area contributed by atoms with Crippen molar-refractivity contribution < 1.29 is 14.3 Å². The maximum absolute atomic E-state index is 12.4. The molecule has 2 aliphatic heterocycles. The number of hydrogen-bond acceptors (Lipinski definition) is 3. The van der Waals surface area contributed by atoms with Gasteiger partial charge in [-0.25, -0.2) is 0 Å². The summed E-state index contributed by atoms with van der Waals surface area (Å²) in [5.41, 5.74) is 1.81. The average molecular weight is 288 g/mol. The van der Waals surface area contributed by atoms with Crippen LogP contribution in [0.25, 0.3) is 0 Å². The minimum absolute atomic E-state index is 0.153. The Kier molecular flexibility index (Phi) is 4.03. The number of carbonyl (C=O) groups is 1. The van der Waals surface area contributed by atoms with Crippen molar-refractivity contribution in [1.29, 1.82) is 0 Å². The van der Waals surface area contributed by atoms with E-state index in [1.165, 1.54) is 6.42 Å². The van der Waals surface area contributed by atoms with Gasteiger partial charge in [0.2, 0.25) is 0 Å². The van der Waals surface area contributed by atoms with Crippen LogP contribution in [0.5, 0.6) is 5.75 Å². The number of ketones is 1. The summed E-state index contributed by atoms with van der Waals surface area (Å²) in [6.45, 7) is 5.01. The second kappa shape index (κ2) is 5.80. The summed E-state index contributed by atoms with van der Waals surface area (Å²) in [7, 11) is 0. The summed E-state index contributed by atoms with van der Waals surface area (Å²) in [6, 6.07) is 5.84. The van der Waals surface area contributed by atoms with Crippen molar-refractivity contribution in [1.82, 2.24) is 0 Å². The third-order valence-corrected chi connectivity index (χ3v) is 4.35. The Labute approximate surface area is 126 Å². The van der Waals surface area contributed by atoms with Gasteiger partial charge >= 0.3 is 0 Å². The quantitative estimate of drug-likeness (QED) is 0.787. The number of carbonyl (C=O) groups excluding carboxylic acids is 1. The van der Waals surface area contributed by atoms with Crippen LogP contribution in [-0.2, 0) is 11.2 Å². The van der Waals surface area contributed by atoms with Gasteiger partial charge in [0.15, 0.2) is 5.78 Å². The molecule has 1 aromatic rings. The predicted molar refractivity (Wildman–Crippen MR) is 82.0 cm³/mol. The Bertz CT molecular complexity index is 527. The van der Waals surface area contributed by atoms with Crippen molar-refractivity contribution in [3.05, 3.63) is 29.3 Å². The van der Waals surface area contributed by atoms with E-state index in [-0.39, 0.29) is 17.5 Å². The topological polar surface area (TPSA) is 35.5 Å². The summed E-state index contributed by atoms with van der Waals surface area (Å²) in [5.74, 6) is 1.14. The molecule has 1 fully saturated rings. The molecule has 2 heterocycles. The minimum Gasteiger partial charge on any atom is -0.487 e. The Morgan fingerprint density at radius 3 is 2.95 bits per heavy atom. The molecule has 0 spiro atoms. The van der Waals surface area contributed by atoms with Gasteiger partial charge in [0, 0.05) is 25.0 Å². The lowest BCUT2D eigenvalue weighted by Crippen LogP contribution is -2.24. The van der Waals surface area contributed by atoms with E-state index in [1.54, 1.807) is 0 Å². The van der Waals surface area contributed by atoms with Gasteiger partial charge in [0.25, 0.3) is 0 Å². The summed E-state index contributed by atoms with van der Waals surface area (Å²) in [5, 5.41) is 0. The second-order valence-corrected chi connectivity index (χ2v) is 6.81. The van der Waals surface area contributed by atoms with Crippen LogP contribution in [0.1, 0.15) is 61.9 Å². The van der Waals surface area contributed by atoms with Gasteiger partial charge in [-0.05, 0) is 63.3 Å². The normalized spacial score (nSPS) is 23.4. The first-order valence-electron chi connectivity index (χ1n) is 8.00. The molecular weight excluding hydrogens is 264 g/mol. The predicted octanol–water partition coefficient (Wildman–Crippen LogP) is 3.93. The molecule has 1 saturated heterocycles. The molecule has 3 heteroatoms. The van der Waals surface area contributed by atoms with E-state index < -0.39 is 0 Å². The Morgan fingerprint density at radius 2 is 2.19 bits per heavy atom. The molecule has 3 rings (SSSR count). The minimum atomic E-state index is -0.153. The van der Waals surface area contributed by atoms with E-state index in [0.29, 0.717) is 6.42 Å². The van der Waals surface area contributed by atoms with E-state index in [0.717, 1.165) is 49.2 Å². The van der Waals surface area contributed by atoms with E-state index in [4.69, 9.17) is 9.47 Å². The van der Waals surface area contributed by atoms with Crippen LogP contribution in [-0.4, -0.2) is 24.1 Å². The van der Waals surface area contributed by atoms with Crippen LogP contribution in [0.15, 0.2) is 18.2 Å². The number of ether oxygens (including phenoxy) is 2. The van der Waals surface area contributed by atoms with E-state index in [1.807, 2.05) is 18.2 Å². The maximum Gasteiger partial charge on any atom is 0.162 e. The highest BCUT2D eigenvalue weighted by Gasteiger charge is 2.30. The van der Waals surface area contributed by atoms with Gasteiger partial charge < -0.3 is 9.47 Å². The summed E-state index contributed by atoms with van der Waals surface area (Å²) in [4.78, 5) is 12.4. The van der Waals surface area contributed by atoms with Crippen molar-refractivity contribution >= 4 is 5.78 Å². The molecule has 0 aliphatic carbocycles. The van der Waals surface area contributed by atoms with Crippen molar-refractivity contribution in [2.24, 2.45) is 0 Å². The molecule has 1 aromatic carbocycles. The Balaban J connectivity index is 1.61. The zero-order valence-corrected chi connectivity index (χ0v) is 13.0. The van der Waals surface area contributed by atoms with Crippen LogP contribution in [0.3, 0.4) is 0 Å². The third-order valence-electron chi connectivity index (χ3n) is 4.35. The number of Topliss-reactive ketones (excluding diaryl/α,β-unsaturated/α-hetero) is 1. The largest absolute Gasteiger partial charge is 0.487 e.